The lowest BCUT2D eigenvalue weighted by Gasteiger charge is -2.02. The summed E-state index contributed by atoms with van der Waals surface area (Å²) >= 11 is 11.4. The van der Waals surface area contributed by atoms with E-state index in [0.29, 0.717) is 5.02 Å². The Bertz CT molecular complexity index is 657. The molecule has 0 bridgehead atoms. The number of hydrogen-bond donors (Lipinski definition) is 0. The molecule has 2 rings (SSSR count). The van der Waals surface area contributed by atoms with E-state index >= 15 is 0 Å². The predicted molar refractivity (Wildman–Crippen MR) is 70.8 cm³/mol. The molecule has 0 aliphatic rings. The van der Waals surface area contributed by atoms with E-state index in [1.165, 1.54) is 30.3 Å². The van der Waals surface area contributed by atoms with Crippen LogP contribution in [-0.2, 0) is 0 Å². The second-order valence-electron chi connectivity index (χ2n) is 3.59. The summed E-state index contributed by atoms with van der Waals surface area (Å²) in [6, 6.07) is 8.39. The van der Waals surface area contributed by atoms with Crippen molar-refractivity contribution in [1.82, 2.24) is 4.98 Å². The molecule has 0 spiro atoms. The van der Waals surface area contributed by atoms with Crippen LogP contribution in [0.4, 0.5) is 5.69 Å². The molecule has 0 atom stereocenters. The van der Waals surface area contributed by atoms with Gasteiger partial charge in [0.15, 0.2) is 5.69 Å². The highest BCUT2D eigenvalue weighted by Gasteiger charge is 2.23. The van der Waals surface area contributed by atoms with Crippen molar-refractivity contribution in [3.05, 3.63) is 67.9 Å². The number of rotatable bonds is 3. The average Bonchev–Trinajstić information content (AvgIpc) is 2.38. The summed E-state index contributed by atoms with van der Waals surface area (Å²) in [5, 5.41) is 11.4. The van der Waals surface area contributed by atoms with Crippen molar-refractivity contribution >= 4 is 34.7 Å². The standard InChI is InChI=1S/C12H6Cl2N2O3/c13-8-3-1-7(2-4-8)12(17)11-9(16(18)19)5-6-10(14)15-11/h1-6H. The number of aromatic nitrogens is 1. The van der Waals surface area contributed by atoms with E-state index < -0.39 is 10.7 Å². The first-order valence-corrected chi connectivity index (χ1v) is 5.86. The predicted octanol–water partition coefficient (Wildman–Crippen LogP) is 3.53. The van der Waals surface area contributed by atoms with Gasteiger partial charge < -0.3 is 0 Å². The highest BCUT2D eigenvalue weighted by Crippen LogP contribution is 2.22. The Morgan fingerprint density at radius 1 is 1.11 bits per heavy atom. The SMILES string of the molecule is O=C(c1ccc(Cl)cc1)c1nc(Cl)ccc1[N+](=O)[O-]. The van der Waals surface area contributed by atoms with Crippen molar-refractivity contribution in [1.29, 1.82) is 0 Å². The zero-order valence-corrected chi connectivity index (χ0v) is 10.9. The van der Waals surface area contributed by atoms with Crippen LogP contribution in [0.25, 0.3) is 0 Å². The summed E-state index contributed by atoms with van der Waals surface area (Å²) in [6.45, 7) is 0. The van der Waals surface area contributed by atoms with Gasteiger partial charge in [0.1, 0.15) is 5.15 Å². The molecular formula is C12H6Cl2N2O3. The quantitative estimate of drug-likeness (QED) is 0.376. The number of carbonyl (C=O) groups excluding carboxylic acids is 1. The van der Waals surface area contributed by atoms with Gasteiger partial charge in [-0.15, -0.1) is 0 Å². The first-order valence-electron chi connectivity index (χ1n) is 5.10. The fraction of sp³-hybridized carbons (Fsp3) is 0. The Morgan fingerprint density at radius 2 is 1.74 bits per heavy atom. The molecule has 0 aliphatic carbocycles. The fourth-order valence-electron chi connectivity index (χ4n) is 1.48. The molecule has 2 aromatic rings. The van der Waals surface area contributed by atoms with Crippen molar-refractivity contribution in [2.75, 3.05) is 0 Å². The number of ketones is 1. The monoisotopic (exact) mass is 296 g/mol. The minimum atomic E-state index is -0.674. The van der Waals surface area contributed by atoms with E-state index in [9.17, 15) is 14.9 Å². The van der Waals surface area contributed by atoms with Crippen molar-refractivity contribution in [2.24, 2.45) is 0 Å². The topological polar surface area (TPSA) is 73.1 Å². The molecule has 1 heterocycles. The van der Waals surface area contributed by atoms with Crippen molar-refractivity contribution in [3.63, 3.8) is 0 Å². The first kappa shape index (κ1) is 13.5. The molecule has 0 N–H and O–H groups in total. The molecule has 0 amide bonds. The summed E-state index contributed by atoms with van der Waals surface area (Å²) in [5.41, 5.74) is -0.425. The normalized spacial score (nSPS) is 10.2. The van der Waals surface area contributed by atoms with Crippen LogP contribution in [0.1, 0.15) is 16.1 Å². The van der Waals surface area contributed by atoms with Gasteiger partial charge in [0, 0.05) is 16.7 Å². The molecule has 0 radical (unpaired) electrons. The van der Waals surface area contributed by atoms with Crippen LogP contribution < -0.4 is 0 Å². The molecule has 5 nitrogen and oxygen atoms in total. The molecule has 96 valence electrons. The minimum Gasteiger partial charge on any atom is -0.287 e. The number of pyridine rings is 1. The van der Waals surface area contributed by atoms with Gasteiger partial charge in [-0.25, -0.2) is 4.98 Å². The van der Waals surface area contributed by atoms with Crippen LogP contribution >= 0.6 is 23.2 Å². The van der Waals surface area contributed by atoms with Gasteiger partial charge in [0.2, 0.25) is 5.78 Å². The molecular weight excluding hydrogens is 291 g/mol. The maximum absolute atomic E-state index is 12.2. The average molecular weight is 297 g/mol. The van der Waals surface area contributed by atoms with Gasteiger partial charge in [0.05, 0.1) is 4.92 Å². The van der Waals surface area contributed by atoms with E-state index in [2.05, 4.69) is 4.98 Å². The molecule has 1 aromatic carbocycles. The zero-order valence-electron chi connectivity index (χ0n) is 9.34. The number of hydrogen-bond acceptors (Lipinski definition) is 4. The Hall–Kier alpha value is -1.98. The Labute approximate surface area is 117 Å². The molecule has 1 aromatic heterocycles. The van der Waals surface area contributed by atoms with E-state index in [1.807, 2.05) is 0 Å². The van der Waals surface area contributed by atoms with E-state index in [1.54, 1.807) is 0 Å². The van der Waals surface area contributed by atoms with Crippen LogP contribution in [-0.4, -0.2) is 15.7 Å². The van der Waals surface area contributed by atoms with Gasteiger partial charge >= 0.3 is 0 Å². The van der Waals surface area contributed by atoms with E-state index in [4.69, 9.17) is 23.2 Å². The number of halogens is 2. The van der Waals surface area contributed by atoms with Crippen LogP contribution in [0.15, 0.2) is 36.4 Å². The summed E-state index contributed by atoms with van der Waals surface area (Å²) in [7, 11) is 0. The summed E-state index contributed by atoms with van der Waals surface area (Å²) in [5.74, 6) is -0.578. The number of carbonyl (C=O) groups is 1. The number of nitrogens with zero attached hydrogens (tertiary/aromatic N) is 2. The Balaban J connectivity index is 2.51. The highest BCUT2D eigenvalue weighted by molar-refractivity contribution is 6.31. The fourth-order valence-corrected chi connectivity index (χ4v) is 1.75. The molecule has 0 fully saturated rings. The summed E-state index contributed by atoms with van der Waals surface area (Å²) in [6.07, 6.45) is 0. The summed E-state index contributed by atoms with van der Waals surface area (Å²) < 4.78 is 0. The third-order valence-corrected chi connectivity index (χ3v) is 2.82. The molecule has 0 aliphatic heterocycles. The third kappa shape index (κ3) is 2.89. The summed E-state index contributed by atoms with van der Waals surface area (Å²) in [4.78, 5) is 26.1. The second-order valence-corrected chi connectivity index (χ2v) is 4.42. The Morgan fingerprint density at radius 3 is 2.32 bits per heavy atom. The molecule has 0 unspecified atom stereocenters. The maximum Gasteiger partial charge on any atom is 0.299 e. The maximum atomic E-state index is 12.2. The molecule has 19 heavy (non-hydrogen) atoms. The molecule has 7 heteroatoms. The van der Waals surface area contributed by atoms with Crippen LogP contribution in [0.3, 0.4) is 0 Å². The highest BCUT2D eigenvalue weighted by atomic mass is 35.5. The lowest BCUT2D eigenvalue weighted by Crippen LogP contribution is -2.08. The minimum absolute atomic E-state index is 0.0166. The van der Waals surface area contributed by atoms with Gasteiger partial charge in [-0.2, -0.15) is 0 Å². The largest absolute Gasteiger partial charge is 0.299 e. The van der Waals surface area contributed by atoms with Crippen molar-refractivity contribution in [3.8, 4) is 0 Å². The van der Waals surface area contributed by atoms with Gasteiger partial charge in [-0.3, -0.25) is 14.9 Å². The van der Waals surface area contributed by atoms with Gasteiger partial charge in [-0.1, -0.05) is 23.2 Å². The van der Waals surface area contributed by atoms with E-state index in [-0.39, 0.29) is 22.1 Å². The molecule has 0 saturated heterocycles. The van der Waals surface area contributed by atoms with E-state index in [0.717, 1.165) is 6.07 Å². The third-order valence-electron chi connectivity index (χ3n) is 2.36. The lowest BCUT2D eigenvalue weighted by atomic mass is 10.1. The van der Waals surface area contributed by atoms with Gasteiger partial charge in [0.25, 0.3) is 5.69 Å². The lowest BCUT2D eigenvalue weighted by molar-refractivity contribution is -0.385. The molecule has 0 saturated carbocycles. The van der Waals surface area contributed by atoms with Crippen LogP contribution in [0.2, 0.25) is 10.2 Å². The van der Waals surface area contributed by atoms with Crippen LogP contribution in [0, 0.1) is 10.1 Å². The zero-order chi connectivity index (χ0) is 14.0. The Kier molecular flexibility index (Phi) is 3.78. The van der Waals surface area contributed by atoms with Crippen molar-refractivity contribution in [2.45, 2.75) is 0 Å². The van der Waals surface area contributed by atoms with Crippen molar-refractivity contribution < 1.29 is 9.72 Å². The number of benzene rings is 1. The first-order chi connectivity index (χ1) is 8.99. The van der Waals surface area contributed by atoms with Gasteiger partial charge in [-0.05, 0) is 30.3 Å². The second kappa shape index (κ2) is 5.34. The smallest absolute Gasteiger partial charge is 0.287 e. The van der Waals surface area contributed by atoms with Crippen LogP contribution in [0.5, 0.6) is 0 Å². The number of nitro groups is 1.